The second-order valence-corrected chi connectivity index (χ2v) is 2.72. The van der Waals surface area contributed by atoms with E-state index in [1.54, 1.807) is 0 Å². The number of urea groups is 1. The number of carboxylic acid groups (broad SMARTS) is 2. The predicted octanol–water partition coefficient (Wildman–Crippen LogP) is -0.436. The van der Waals surface area contributed by atoms with E-state index in [4.69, 9.17) is 10.2 Å². The fourth-order valence-corrected chi connectivity index (χ4v) is 0.767. The second-order valence-electron chi connectivity index (χ2n) is 2.72. The first-order valence-electron chi connectivity index (χ1n) is 4.20. The Morgan fingerprint density at radius 3 is 1.44 bits per heavy atom. The molecule has 0 radical (unpaired) electrons. The van der Waals surface area contributed by atoms with Crippen molar-refractivity contribution in [2.24, 2.45) is 0 Å². The highest BCUT2D eigenvalue weighted by Gasteiger charge is 2.20. The summed E-state index contributed by atoms with van der Waals surface area (Å²) in [6.45, 7) is 6.42. The van der Waals surface area contributed by atoms with Crippen molar-refractivity contribution in [2.75, 3.05) is 0 Å². The fourth-order valence-electron chi connectivity index (χ4n) is 0.767. The number of hydrogen-bond donors (Lipinski definition) is 4. The first-order chi connectivity index (χ1) is 7.42. The Balaban J connectivity index is 4.36. The molecule has 0 aliphatic heterocycles. The lowest BCUT2D eigenvalue weighted by molar-refractivity contribution is -0.138. The molecule has 2 amide bonds. The lowest BCUT2D eigenvalue weighted by Crippen LogP contribution is -2.49. The monoisotopic (exact) mass is 228 g/mol. The van der Waals surface area contributed by atoms with Crippen molar-refractivity contribution in [3.63, 3.8) is 0 Å². The number of carboxylic acids is 2. The molecule has 0 saturated heterocycles. The zero-order valence-corrected chi connectivity index (χ0v) is 8.34. The van der Waals surface area contributed by atoms with E-state index in [-0.39, 0.29) is 0 Å². The van der Waals surface area contributed by atoms with E-state index >= 15 is 0 Å². The number of nitrogens with one attached hydrogen (secondary N) is 2. The van der Waals surface area contributed by atoms with Crippen molar-refractivity contribution < 1.29 is 24.6 Å². The van der Waals surface area contributed by atoms with Crippen LogP contribution in [-0.4, -0.2) is 40.3 Å². The average molecular weight is 228 g/mol. The smallest absolute Gasteiger partial charge is 0.330 e. The minimum absolute atomic E-state index is 0.931. The van der Waals surface area contributed by atoms with Crippen molar-refractivity contribution in [3.05, 3.63) is 25.3 Å². The molecule has 0 fully saturated rings. The van der Waals surface area contributed by atoms with Crippen LogP contribution in [-0.2, 0) is 9.59 Å². The number of amides is 2. The van der Waals surface area contributed by atoms with E-state index in [1.807, 2.05) is 10.6 Å². The van der Waals surface area contributed by atoms with Gasteiger partial charge >= 0.3 is 18.0 Å². The van der Waals surface area contributed by atoms with Crippen LogP contribution in [0, 0.1) is 0 Å². The summed E-state index contributed by atoms with van der Waals surface area (Å²) in [5.41, 5.74) is 0. The zero-order valence-electron chi connectivity index (χ0n) is 8.34. The van der Waals surface area contributed by atoms with Crippen molar-refractivity contribution in [3.8, 4) is 0 Å². The van der Waals surface area contributed by atoms with E-state index in [2.05, 4.69) is 13.2 Å². The summed E-state index contributed by atoms with van der Waals surface area (Å²) < 4.78 is 0. The summed E-state index contributed by atoms with van der Waals surface area (Å²) in [5.74, 6) is -2.59. The van der Waals surface area contributed by atoms with Crippen LogP contribution < -0.4 is 10.6 Å². The van der Waals surface area contributed by atoms with Crippen molar-refractivity contribution in [1.82, 2.24) is 10.6 Å². The zero-order chi connectivity index (χ0) is 12.7. The largest absolute Gasteiger partial charge is 0.479 e. The molecular formula is C9H12N2O5. The summed E-state index contributed by atoms with van der Waals surface area (Å²) in [5, 5.41) is 21.2. The lowest BCUT2D eigenvalue weighted by Gasteiger charge is -2.13. The summed E-state index contributed by atoms with van der Waals surface area (Å²) >= 11 is 0. The van der Waals surface area contributed by atoms with Crippen LogP contribution in [0.25, 0.3) is 0 Å². The van der Waals surface area contributed by atoms with E-state index < -0.39 is 30.1 Å². The highest BCUT2D eigenvalue weighted by Crippen LogP contribution is 1.88. The SMILES string of the molecule is C=CC(NC(=O)NC(C=C)C(=O)O)C(=O)O. The molecule has 0 saturated carbocycles. The van der Waals surface area contributed by atoms with Gasteiger partial charge in [0.05, 0.1) is 0 Å². The Kier molecular flexibility index (Phi) is 5.33. The van der Waals surface area contributed by atoms with Crippen LogP contribution in [0.5, 0.6) is 0 Å². The van der Waals surface area contributed by atoms with Gasteiger partial charge in [-0.25, -0.2) is 14.4 Å². The number of rotatable bonds is 6. The molecular weight excluding hydrogens is 216 g/mol. The van der Waals surface area contributed by atoms with Gasteiger partial charge in [-0.05, 0) is 0 Å². The number of aliphatic carboxylic acids is 2. The van der Waals surface area contributed by atoms with E-state index in [1.165, 1.54) is 0 Å². The Hall–Kier alpha value is -2.31. The molecule has 16 heavy (non-hydrogen) atoms. The topological polar surface area (TPSA) is 116 Å². The van der Waals surface area contributed by atoms with E-state index in [9.17, 15) is 14.4 Å². The first kappa shape index (κ1) is 13.7. The lowest BCUT2D eigenvalue weighted by atomic mass is 10.3. The third kappa shape index (κ3) is 4.27. The minimum Gasteiger partial charge on any atom is -0.479 e. The molecule has 0 spiro atoms. The standard InChI is InChI=1S/C9H12N2O5/c1-3-5(7(12)13)10-9(16)11-6(4-2)8(14)15/h3-6H,1-2H2,(H,12,13)(H,14,15)(H2,10,11,16). The number of carbonyl (C=O) groups is 3. The van der Waals surface area contributed by atoms with Crippen molar-refractivity contribution >= 4 is 18.0 Å². The van der Waals surface area contributed by atoms with Crippen LogP contribution in [0.1, 0.15) is 0 Å². The number of carbonyl (C=O) groups excluding carboxylic acids is 1. The predicted molar refractivity (Wildman–Crippen MR) is 54.9 cm³/mol. The maximum Gasteiger partial charge on any atom is 0.330 e. The summed E-state index contributed by atoms with van der Waals surface area (Å²) in [4.78, 5) is 32.2. The van der Waals surface area contributed by atoms with Crippen LogP contribution in [0.2, 0.25) is 0 Å². The quantitative estimate of drug-likeness (QED) is 0.460. The summed E-state index contributed by atoms with van der Waals surface area (Å²) in [6, 6.07) is -3.49. The van der Waals surface area contributed by atoms with E-state index in [0.717, 1.165) is 12.2 Å². The van der Waals surface area contributed by atoms with Crippen LogP contribution in [0.4, 0.5) is 4.79 Å². The average Bonchev–Trinajstić information content (AvgIpc) is 2.21. The Labute approximate surface area is 91.5 Å². The summed E-state index contributed by atoms with van der Waals surface area (Å²) in [6.07, 6.45) is 2.01. The van der Waals surface area contributed by atoms with Gasteiger partial charge in [-0.1, -0.05) is 12.2 Å². The normalized spacial score (nSPS) is 13.0. The van der Waals surface area contributed by atoms with Gasteiger partial charge in [-0.15, -0.1) is 13.2 Å². The molecule has 0 aliphatic rings. The van der Waals surface area contributed by atoms with Gasteiger partial charge in [-0.2, -0.15) is 0 Å². The van der Waals surface area contributed by atoms with Gasteiger partial charge in [0.15, 0.2) is 0 Å². The molecule has 7 nitrogen and oxygen atoms in total. The molecule has 0 bridgehead atoms. The van der Waals surface area contributed by atoms with Gasteiger partial charge in [-0.3, -0.25) is 0 Å². The molecule has 0 rings (SSSR count). The molecule has 0 aliphatic carbocycles. The van der Waals surface area contributed by atoms with Gasteiger partial charge in [0.1, 0.15) is 12.1 Å². The second kappa shape index (κ2) is 6.23. The molecule has 0 aromatic heterocycles. The third-order valence-corrected chi connectivity index (χ3v) is 1.58. The molecule has 4 N–H and O–H groups in total. The molecule has 2 atom stereocenters. The van der Waals surface area contributed by atoms with Crippen molar-refractivity contribution in [1.29, 1.82) is 0 Å². The van der Waals surface area contributed by atoms with Gasteiger partial charge in [0.25, 0.3) is 0 Å². The van der Waals surface area contributed by atoms with Crippen LogP contribution in [0.15, 0.2) is 25.3 Å². The van der Waals surface area contributed by atoms with Crippen molar-refractivity contribution in [2.45, 2.75) is 12.1 Å². The Morgan fingerprint density at radius 1 is 0.938 bits per heavy atom. The molecule has 0 aromatic rings. The third-order valence-electron chi connectivity index (χ3n) is 1.58. The maximum atomic E-state index is 11.1. The van der Waals surface area contributed by atoms with Gasteiger partial charge < -0.3 is 20.8 Å². The highest BCUT2D eigenvalue weighted by atomic mass is 16.4. The number of hydrogen-bond acceptors (Lipinski definition) is 3. The maximum absolute atomic E-state index is 11.1. The van der Waals surface area contributed by atoms with E-state index in [0.29, 0.717) is 0 Å². The van der Waals surface area contributed by atoms with Crippen LogP contribution in [0.3, 0.4) is 0 Å². The Morgan fingerprint density at radius 2 is 1.25 bits per heavy atom. The van der Waals surface area contributed by atoms with Gasteiger partial charge in [0, 0.05) is 0 Å². The van der Waals surface area contributed by atoms with Gasteiger partial charge in [0.2, 0.25) is 0 Å². The van der Waals surface area contributed by atoms with Crippen LogP contribution >= 0.6 is 0 Å². The summed E-state index contributed by atoms with van der Waals surface area (Å²) in [7, 11) is 0. The first-order valence-corrected chi connectivity index (χ1v) is 4.20. The molecule has 0 aromatic carbocycles. The molecule has 88 valence electrons. The molecule has 7 heteroatoms. The highest BCUT2D eigenvalue weighted by molar-refractivity contribution is 5.87. The minimum atomic E-state index is -1.30. The fraction of sp³-hybridized carbons (Fsp3) is 0.222. The molecule has 2 unspecified atom stereocenters. The molecule has 0 heterocycles. The Bertz CT molecular complexity index is 296.